The summed E-state index contributed by atoms with van der Waals surface area (Å²) in [6, 6.07) is -0.222. The molecule has 1 amide bonds. The number of amides is 1. The van der Waals surface area contributed by atoms with E-state index < -0.39 is 10.0 Å². The van der Waals surface area contributed by atoms with E-state index in [9.17, 15) is 13.2 Å². The lowest BCUT2D eigenvalue weighted by Crippen LogP contribution is -2.38. The minimum absolute atomic E-state index is 0.0584. The van der Waals surface area contributed by atoms with Crippen LogP contribution in [0.2, 0.25) is 0 Å². The average molecular weight is 286 g/mol. The zero-order valence-corrected chi connectivity index (χ0v) is 11.9. The molecule has 0 spiro atoms. The van der Waals surface area contributed by atoms with E-state index in [4.69, 9.17) is 0 Å². The molecule has 1 saturated heterocycles. The van der Waals surface area contributed by atoms with E-state index in [0.717, 1.165) is 0 Å². The smallest absolute Gasteiger partial charge is 0.244 e. The van der Waals surface area contributed by atoms with Crippen molar-refractivity contribution in [2.24, 2.45) is 7.05 Å². The van der Waals surface area contributed by atoms with Crippen LogP contribution in [0.4, 0.5) is 0 Å². The van der Waals surface area contributed by atoms with Gasteiger partial charge >= 0.3 is 0 Å². The summed E-state index contributed by atoms with van der Waals surface area (Å²) in [4.78, 5) is 13.4. The summed E-state index contributed by atoms with van der Waals surface area (Å²) in [6.07, 6.45) is 3.85. The normalized spacial score (nSPS) is 19.9. The first-order chi connectivity index (χ1) is 8.92. The number of aromatic nitrogens is 2. The van der Waals surface area contributed by atoms with Crippen LogP contribution in [-0.2, 0) is 21.9 Å². The molecule has 0 bridgehead atoms. The highest BCUT2D eigenvalue weighted by Gasteiger charge is 2.29. The van der Waals surface area contributed by atoms with E-state index in [2.05, 4.69) is 9.82 Å². The molecular formula is C11H18N4O3S. The predicted molar refractivity (Wildman–Crippen MR) is 68.8 cm³/mol. The first-order valence-electron chi connectivity index (χ1n) is 6.21. The molecule has 1 aromatic rings. The number of likely N-dealkylation sites (tertiary alicyclic amines) is 1. The zero-order valence-electron chi connectivity index (χ0n) is 11.0. The van der Waals surface area contributed by atoms with Crippen molar-refractivity contribution in [3.63, 3.8) is 0 Å². The predicted octanol–water partition coefficient (Wildman–Crippen LogP) is -0.291. The third-order valence-corrected chi connectivity index (χ3v) is 4.63. The van der Waals surface area contributed by atoms with E-state index in [-0.39, 0.29) is 16.8 Å². The fraction of sp³-hybridized carbons (Fsp3) is 0.636. The van der Waals surface area contributed by atoms with Crippen LogP contribution in [0.25, 0.3) is 0 Å². The summed E-state index contributed by atoms with van der Waals surface area (Å²) in [6.45, 7) is 2.84. The molecule has 8 heteroatoms. The van der Waals surface area contributed by atoms with Crippen LogP contribution in [0, 0.1) is 0 Å². The van der Waals surface area contributed by atoms with Crippen molar-refractivity contribution < 1.29 is 13.2 Å². The van der Waals surface area contributed by atoms with Crippen molar-refractivity contribution in [1.29, 1.82) is 0 Å². The van der Waals surface area contributed by atoms with Gasteiger partial charge in [0, 0.05) is 38.8 Å². The summed E-state index contributed by atoms with van der Waals surface area (Å²) in [5.41, 5.74) is 0. The second-order valence-corrected chi connectivity index (χ2v) is 6.36. The van der Waals surface area contributed by atoms with Crippen LogP contribution >= 0.6 is 0 Å². The van der Waals surface area contributed by atoms with Crippen molar-refractivity contribution in [2.75, 3.05) is 13.1 Å². The summed E-state index contributed by atoms with van der Waals surface area (Å²) >= 11 is 0. The fourth-order valence-electron chi connectivity index (χ4n) is 2.13. The Morgan fingerprint density at radius 3 is 2.89 bits per heavy atom. The molecule has 2 rings (SSSR count). The van der Waals surface area contributed by atoms with Crippen molar-refractivity contribution in [2.45, 2.75) is 30.7 Å². The van der Waals surface area contributed by atoms with E-state index >= 15 is 0 Å². The molecule has 7 nitrogen and oxygen atoms in total. The monoisotopic (exact) mass is 286 g/mol. The topological polar surface area (TPSA) is 84.3 Å². The lowest BCUT2D eigenvalue weighted by atomic mass is 10.3. The second-order valence-electron chi connectivity index (χ2n) is 4.65. The minimum atomic E-state index is -3.55. The molecule has 1 unspecified atom stereocenters. The molecule has 1 aromatic heterocycles. The number of aryl methyl sites for hydroxylation is 1. The first kappa shape index (κ1) is 14.0. The summed E-state index contributed by atoms with van der Waals surface area (Å²) < 4.78 is 28.2. The van der Waals surface area contributed by atoms with Gasteiger partial charge in [-0.2, -0.15) is 5.10 Å². The van der Waals surface area contributed by atoms with Gasteiger partial charge in [-0.05, 0) is 6.42 Å². The molecule has 2 heterocycles. The molecular weight excluding hydrogens is 268 g/mol. The van der Waals surface area contributed by atoms with Crippen LogP contribution in [0.1, 0.15) is 19.8 Å². The number of carbonyl (C=O) groups excluding carboxylic acids is 1. The van der Waals surface area contributed by atoms with Gasteiger partial charge in [0.2, 0.25) is 15.9 Å². The third-order valence-electron chi connectivity index (χ3n) is 3.16. The summed E-state index contributed by atoms with van der Waals surface area (Å²) in [5.74, 6) is 0.0584. The lowest BCUT2D eigenvalue weighted by Gasteiger charge is -2.16. The van der Waals surface area contributed by atoms with Gasteiger partial charge in [-0.25, -0.2) is 13.1 Å². The third kappa shape index (κ3) is 3.13. The minimum Gasteiger partial charge on any atom is -0.341 e. The van der Waals surface area contributed by atoms with Crippen LogP contribution in [0.3, 0.4) is 0 Å². The maximum Gasteiger partial charge on any atom is 0.244 e. The Morgan fingerprint density at radius 2 is 2.32 bits per heavy atom. The van der Waals surface area contributed by atoms with E-state index in [0.29, 0.717) is 25.9 Å². The first-order valence-corrected chi connectivity index (χ1v) is 7.69. The van der Waals surface area contributed by atoms with Crippen LogP contribution < -0.4 is 4.72 Å². The van der Waals surface area contributed by atoms with Gasteiger partial charge in [0.05, 0.1) is 6.20 Å². The number of rotatable bonds is 4. The largest absolute Gasteiger partial charge is 0.341 e. The Bertz CT molecular complexity index is 566. The highest BCUT2D eigenvalue weighted by molar-refractivity contribution is 7.89. The quantitative estimate of drug-likeness (QED) is 0.824. The standard InChI is InChI=1S/C11H18N4O3S/c1-3-11(16)15-5-4-9(7-15)13-19(17,18)10-6-12-14(2)8-10/h6,8-9,13H,3-5,7H2,1-2H3. The van der Waals surface area contributed by atoms with Crippen molar-refractivity contribution >= 4 is 15.9 Å². The number of carbonyl (C=O) groups is 1. The Balaban J connectivity index is 2.01. The Kier molecular flexibility index (Phi) is 3.91. The number of nitrogens with zero attached hydrogens (tertiary/aromatic N) is 3. The highest BCUT2D eigenvalue weighted by atomic mass is 32.2. The fourth-order valence-corrected chi connectivity index (χ4v) is 3.38. The number of hydrogen-bond acceptors (Lipinski definition) is 4. The van der Waals surface area contributed by atoms with Crippen LogP contribution in [0.5, 0.6) is 0 Å². The SMILES string of the molecule is CCC(=O)N1CCC(NS(=O)(=O)c2cnn(C)c2)C1. The van der Waals surface area contributed by atoms with Gasteiger partial charge in [0.25, 0.3) is 0 Å². The maximum atomic E-state index is 12.1. The molecule has 19 heavy (non-hydrogen) atoms. The molecule has 1 aliphatic heterocycles. The van der Waals surface area contributed by atoms with E-state index in [1.165, 1.54) is 17.1 Å². The molecule has 1 N–H and O–H groups in total. The van der Waals surface area contributed by atoms with Gasteiger partial charge in [0.1, 0.15) is 4.90 Å². The zero-order chi connectivity index (χ0) is 14.0. The number of hydrogen-bond donors (Lipinski definition) is 1. The van der Waals surface area contributed by atoms with Gasteiger partial charge in [-0.3, -0.25) is 9.48 Å². The second kappa shape index (κ2) is 5.30. The Labute approximate surface area is 112 Å². The summed E-state index contributed by atoms with van der Waals surface area (Å²) in [7, 11) is -1.89. The molecule has 106 valence electrons. The average Bonchev–Trinajstić information content (AvgIpc) is 2.97. The van der Waals surface area contributed by atoms with Crippen LogP contribution in [-0.4, -0.2) is 48.1 Å². The molecule has 1 fully saturated rings. The van der Waals surface area contributed by atoms with Gasteiger partial charge in [-0.1, -0.05) is 6.92 Å². The van der Waals surface area contributed by atoms with Gasteiger partial charge in [0.15, 0.2) is 0 Å². The molecule has 0 saturated carbocycles. The van der Waals surface area contributed by atoms with Gasteiger partial charge < -0.3 is 4.90 Å². The molecule has 0 aromatic carbocycles. The van der Waals surface area contributed by atoms with Crippen molar-refractivity contribution in [3.8, 4) is 0 Å². The Morgan fingerprint density at radius 1 is 1.58 bits per heavy atom. The van der Waals surface area contributed by atoms with E-state index in [1.807, 2.05) is 0 Å². The van der Waals surface area contributed by atoms with Crippen LogP contribution in [0.15, 0.2) is 17.3 Å². The lowest BCUT2D eigenvalue weighted by molar-refractivity contribution is -0.129. The van der Waals surface area contributed by atoms with Gasteiger partial charge in [-0.15, -0.1) is 0 Å². The van der Waals surface area contributed by atoms with E-state index in [1.54, 1.807) is 18.9 Å². The molecule has 1 aliphatic rings. The van der Waals surface area contributed by atoms with Crippen molar-refractivity contribution in [3.05, 3.63) is 12.4 Å². The number of sulfonamides is 1. The van der Waals surface area contributed by atoms with Crippen molar-refractivity contribution in [1.82, 2.24) is 19.4 Å². The maximum absolute atomic E-state index is 12.1. The molecule has 0 aliphatic carbocycles. The highest BCUT2D eigenvalue weighted by Crippen LogP contribution is 2.14. The number of nitrogens with one attached hydrogen (secondary N) is 1. The Hall–Kier alpha value is -1.41. The molecule has 0 radical (unpaired) electrons. The molecule has 1 atom stereocenters. The summed E-state index contributed by atoms with van der Waals surface area (Å²) in [5, 5.41) is 3.85.